The molecule has 0 aromatic carbocycles. The monoisotopic (exact) mass is 215 g/mol. The molecule has 0 unspecified atom stereocenters. The van der Waals surface area contributed by atoms with Crippen LogP contribution in [0.4, 0.5) is 0 Å². The van der Waals surface area contributed by atoms with Crippen LogP contribution in [0.5, 0.6) is 0 Å². The summed E-state index contributed by atoms with van der Waals surface area (Å²) in [5.41, 5.74) is 1.73. The fourth-order valence-electron chi connectivity index (χ4n) is 1.96. The maximum Gasteiger partial charge on any atom is 0.0443 e. The van der Waals surface area contributed by atoms with Gasteiger partial charge in [0.15, 0.2) is 0 Å². The van der Waals surface area contributed by atoms with Crippen molar-refractivity contribution in [3.63, 3.8) is 0 Å². The summed E-state index contributed by atoms with van der Waals surface area (Å²) in [6.45, 7) is 12.1. The van der Waals surface area contributed by atoms with Crippen LogP contribution >= 0.6 is 11.6 Å². The van der Waals surface area contributed by atoms with Crippen molar-refractivity contribution in [1.29, 1.82) is 0 Å². The standard InChI is InChI=1S/C12H22ClN/c1-4-12(3)5-7-14(8-6-12)10-11(2)9-13/h2,4-10H2,1,3H3. The lowest BCUT2D eigenvalue weighted by atomic mass is 9.78. The zero-order chi connectivity index (χ0) is 10.6. The van der Waals surface area contributed by atoms with Crippen molar-refractivity contribution >= 4 is 11.6 Å². The van der Waals surface area contributed by atoms with Gasteiger partial charge in [0, 0.05) is 12.4 Å². The van der Waals surface area contributed by atoms with Gasteiger partial charge >= 0.3 is 0 Å². The van der Waals surface area contributed by atoms with Crippen molar-refractivity contribution in [1.82, 2.24) is 4.90 Å². The Balaban J connectivity index is 2.32. The fraction of sp³-hybridized carbons (Fsp3) is 0.833. The molecule has 1 aliphatic heterocycles. The molecule has 1 fully saturated rings. The molecule has 0 radical (unpaired) electrons. The summed E-state index contributed by atoms with van der Waals surface area (Å²) in [5, 5.41) is 0. The van der Waals surface area contributed by atoms with Gasteiger partial charge in [-0.15, -0.1) is 11.6 Å². The summed E-state index contributed by atoms with van der Waals surface area (Å²) in [6.07, 6.45) is 3.94. The second kappa shape index (κ2) is 5.18. The first-order valence-electron chi connectivity index (χ1n) is 5.54. The molecular weight excluding hydrogens is 194 g/mol. The second-order valence-electron chi connectivity index (χ2n) is 4.82. The third-order valence-corrected chi connectivity index (χ3v) is 3.93. The van der Waals surface area contributed by atoms with Crippen molar-refractivity contribution in [2.24, 2.45) is 5.41 Å². The van der Waals surface area contributed by atoms with Crippen LogP contribution in [0.3, 0.4) is 0 Å². The Kier molecular flexibility index (Phi) is 4.46. The van der Waals surface area contributed by atoms with Gasteiger partial charge in [-0.1, -0.05) is 26.8 Å². The molecular formula is C12H22ClN. The zero-order valence-corrected chi connectivity index (χ0v) is 10.2. The van der Waals surface area contributed by atoms with E-state index in [4.69, 9.17) is 11.6 Å². The van der Waals surface area contributed by atoms with Gasteiger partial charge in [0.05, 0.1) is 0 Å². The molecule has 82 valence electrons. The minimum Gasteiger partial charge on any atom is -0.299 e. The minimum atomic E-state index is 0.582. The lowest BCUT2D eigenvalue weighted by Crippen LogP contribution is -2.39. The SMILES string of the molecule is C=C(CCl)CN1CCC(C)(CC)CC1. The molecule has 1 heterocycles. The Morgan fingerprint density at radius 2 is 2.00 bits per heavy atom. The van der Waals surface area contributed by atoms with Crippen LogP contribution in [0, 0.1) is 5.41 Å². The quantitative estimate of drug-likeness (QED) is 0.514. The summed E-state index contributed by atoms with van der Waals surface area (Å²) < 4.78 is 0. The third-order valence-electron chi connectivity index (χ3n) is 3.55. The van der Waals surface area contributed by atoms with Gasteiger partial charge in [0.1, 0.15) is 0 Å². The van der Waals surface area contributed by atoms with Crippen molar-refractivity contribution in [2.75, 3.05) is 25.5 Å². The highest BCUT2D eigenvalue weighted by molar-refractivity contribution is 6.19. The molecule has 2 heteroatoms. The summed E-state index contributed by atoms with van der Waals surface area (Å²) in [7, 11) is 0. The maximum absolute atomic E-state index is 5.73. The predicted octanol–water partition coefficient (Wildman–Crippen LogP) is 3.29. The van der Waals surface area contributed by atoms with Gasteiger partial charge < -0.3 is 0 Å². The van der Waals surface area contributed by atoms with Crippen LogP contribution in [-0.4, -0.2) is 30.4 Å². The van der Waals surface area contributed by atoms with E-state index in [1.165, 1.54) is 32.4 Å². The van der Waals surface area contributed by atoms with Crippen LogP contribution in [0.2, 0.25) is 0 Å². The van der Waals surface area contributed by atoms with E-state index in [1.54, 1.807) is 0 Å². The highest BCUT2D eigenvalue weighted by Crippen LogP contribution is 2.33. The maximum atomic E-state index is 5.73. The molecule has 1 nitrogen and oxygen atoms in total. The fourth-order valence-corrected chi connectivity index (χ4v) is 2.05. The lowest BCUT2D eigenvalue weighted by molar-refractivity contribution is 0.122. The van der Waals surface area contributed by atoms with Gasteiger partial charge in [0.25, 0.3) is 0 Å². The Bertz CT molecular complexity index is 192. The van der Waals surface area contributed by atoms with E-state index < -0.39 is 0 Å². The molecule has 1 aliphatic rings. The normalized spacial score (nSPS) is 22.2. The number of alkyl halides is 1. The average molecular weight is 216 g/mol. The molecule has 0 bridgehead atoms. The number of likely N-dealkylation sites (tertiary alicyclic amines) is 1. The Labute approximate surface area is 93.1 Å². The van der Waals surface area contributed by atoms with Crippen molar-refractivity contribution in [3.8, 4) is 0 Å². The largest absolute Gasteiger partial charge is 0.299 e. The van der Waals surface area contributed by atoms with Crippen molar-refractivity contribution < 1.29 is 0 Å². The van der Waals surface area contributed by atoms with Gasteiger partial charge in [-0.2, -0.15) is 0 Å². The number of halogens is 1. The van der Waals surface area contributed by atoms with Crippen LogP contribution in [-0.2, 0) is 0 Å². The Morgan fingerprint density at radius 1 is 1.43 bits per heavy atom. The highest BCUT2D eigenvalue weighted by atomic mass is 35.5. The molecule has 1 saturated heterocycles. The van der Waals surface area contributed by atoms with Crippen LogP contribution < -0.4 is 0 Å². The topological polar surface area (TPSA) is 3.24 Å². The molecule has 0 aromatic heterocycles. The Hall–Kier alpha value is -0.0100. The number of nitrogens with zero attached hydrogens (tertiary/aromatic N) is 1. The summed E-state index contributed by atoms with van der Waals surface area (Å²) in [4.78, 5) is 2.47. The predicted molar refractivity (Wildman–Crippen MR) is 63.9 cm³/mol. The molecule has 0 amide bonds. The molecule has 0 spiro atoms. The van der Waals surface area contributed by atoms with Crippen LogP contribution in [0.15, 0.2) is 12.2 Å². The van der Waals surface area contributed by atoms with E-state index in [0.29, 0.717) is 11.3 Å². The molecule has 1 rings (SSSR count). The number of hydrogen-bond acceptors (Lipinski definition) is 1. The second-order valence-corrected chi connectivity index (χ2v) is 5.09. The van der Waals surface area contributed by atoms with Crippen LogP contribution in [0.25, 0.3) is 0 Å². The first kappa shape index (κ1) is 12.1. The van der Waals surface area contributed by atoms with E-state index in [9.17, 15) is 0 Å². The molecule has 0 atom stereocenters. The van der Waals surface area contributed by atoms with E-state index in [-0.39, 0.29) is 0 Å². The average Bonchev–Trinajstić information content (AvgIpc) is 2.21. The van der Waals surface area contributed by atoms with Gasteiger partial charge in [-0.3, -0.25) is 4.90 Å². The summed E-state index contributed by atoms with van der Waals surface area (Å²) >= 11 is 5.73. The van der Waals surface area contributed by atoms with E-state index in [0.717, 1.165) is 12.1 Å². The smallest absolute Gasteiger partial charge is 0.0443 e. The third kappa shape index (κ3) is 3.29. The first-order valence-corrected chi connectivity index (χ1v) is 6.08. The first-order chi connectivity index (χ1) is 6.59. The number of piperidine rings is 1. The zero-order valence-electron chi connectivity index (χ0n) is 9.48. The van der Waals surface area contributed by atoms with Gasteiger partial charge in [0.2, 0.25) is 0 Å². The molecule has 0 aromatic rings. The molecule has 0 saturated carbocycles. The molecule has 14 heavy (non-hydrogen) atoms. The van der Waals surface area contributed by atoms with E-state index >= 15 is 0 Å². The minimum absolute atomic E-state index is 0.582. The van der Waals surface area contributed by atoms with Gasteiger partial charge in [-0.05, 0) is 36.9 Å². The van der Waals surface area contributed by atoms with Crippen molar-refractivity contribution in [3.05, 3.63) is 12.2 Å². The van der Waals surface area contributed by atoms with Gasteiger partial charge in [-0.25, -0.2) is 0 Å². The summed E-state index contributed by atoms with van der Waals surface area (Å²) in [5.74, 6) is 0.599. The summed E-state index contributed by atoms with van der Waals surface area (Å²) in [6, 6.07) is 0. The van der Waals surface area contributed by atoms with E-state index in [2.05, 4.69) is 25.3 Å². The number of hydrogen-bond donors (Lipinski definition) is 0. The van der Waals surface area contributed by atoms with E-state index in [1.807, 2.05) is 0 Å². The molecule has 0 N–H and O–H groups in total. The van der Waals surface area contributed by atoms with Crippen molar-refractivity contribution in [2.45, 2.75) is 33.1 Å². The highest BCUT2D eigenvalue weighted by Gasteiger charge is 2.27. The molecule has 0 aliphatic carbocycles. The lowest BCUT2D eigenvalue weighted by Gasteiger charge is -2.39. The number of rotatable bonds is 4. The van der Waals surface area contributed by atoms with Crippen LogP contribution in [0.1, 0.15) is 33.1 Å². The Morgan fingerprint density at radius 3 is 2.43 bits per heavy atom.